The molecule has 0 saturated carbocycles. The second-order valence-electron chi connectivity index (χ2n) is 5.56. The molecule has 2 rings (SSSR count). The largest absolute Gasteiger partial charge is 0.380 e. The zero-order valence-electron chi connectivity index (χ0n) is 12.3. The van der Waals surface area contributed by atoms with Crippen molar-refractivity contribution in [2.45, 2.75) is 39.0 Å². The van der Waals surface area contributed by atoms with Gasteiger partial charge in [-0.05, 0) is 36.4 Å². The number of methoxy groups -OCH3 is 1. The molecule has 110 valence electrons. The molecule has 0 aromatic heterocycles. The molecule has 1 aromatic carbocycles. The highest BCUT2D eigenvalue weighted by molar-refractivity contribution is 5.81. The van der Waals surface area contributed by atoms with Crippen molar-refractivity contribution in [2.24, 2.45) is 5.92 Å². The Balaban J connectivity index is 1.89. The van der Waals surface area contributed by atoms with Gasteiger partial charge in [-0.25, -0.2) is 0 Å². The highest BCUT2D eigenvalue weighted by atomic mass is 16.5. The SMILES string of the molecule is COCc1ccccc1CNC(=O)C1CC(C)CCN1. The summed E-state index contributed by atoms with van der Waals surface area (Å²) in [7, 11) is 1.68. The van der Waals surface area contributed by atoms with Crippen molar-refractivity contribution in [1.82, 2.24) is 10.6 Å². The Bertz CT molecular complexity index is 448. The van der Waals surface area contributed by atoms with Gasteiger partial charge in [-0.2, -0.15) is 0 Å². The number of rotatable bonds is 5. The number of hydrogen-bond acceptors (Lipinski definition) is 3. The first-order valence-electron chi connectivity index (χ1n) is 7.27. The number of piperidine rings is 1. The van der Waals surface area contributed by atoms with Gasteiger partial charge in [0, 0.05) is 13.7 Å². The van der Waals surface area contributed by atoms with Gasteiger partial charge < -0.3 is 15.4 Å². The van der Waals surface area contributed by atoms with Gasteiger partial charge in [-0.1, -0.05) is 31.2 Å². The van der Waals surface area contributed by atoms with Gasteiger partial charge in [0.25, 0.3) is 0 Å². The van der Waals surface area contributed by atoms with E-state index >= 15 is 0 Å². The van der Waals surface area contributed by atoms with E-state index in [1.165, 1.54) is 0 Å². The fourth-order valence-electron chi connectivity index (χ4n) is 2.64. The minimum absolute atomic E-state index is 0.0478. The van der Waals surface area contributed by atoms with Crippen LogP contribution in [-0.2, 0) is 22.7 Å². The number of hydrogen-bond donors (Lipinski definition) is 2. The van der Waals surface area contributed by atoms with Crippen LogP contribution in [0.2, 0.25) is 0 Å². The molecule has 1 saturated heterocycles. The maximum Gasteiger partial charge on any atom is 0.237 e. The zero-order valence-corrected chi connectivity index (χ0v) is 12.3. The molecule has 1 heterocycles. The monoisotopic (exact) mass is 276 g/mol. The molecule has 2 atom stereocenters. The molecule has 1 aliphatic rings. The van der Waals surface area contributed by atoms with Gasteiger partial charge in [-0.3, -0.25) is 4.79 Å². The summed E-state index contributed by atoms with van der Waals surface area (Å²) in [5.74, 6) is 0.719. The number of benzene rings is 1. The Morgan fingerprint density at radius 3 is 2.85 bits per heavy atom. The van der Waals surface area contributed by atoms with Crippen LogP contribution in [0.1, 0.15) is 30.9 Å². The lowest BCUT2D eigenvalue weighted by molar-refractivity contribution is -0.124. The number of carbonyl (C=O) groups is 1. The Morgan fingerprint density at radius 1 is 1.40 bits per heavy atom. The molecule has 1 fully saturated rings. The van der Waals surface area contributed by atoms with E-state index in [0.717, 1.165) is 30.5 Å². The third-order valence-corrected chi connectivity index (χ3v) is 3.85. The molecule has 0 radical (unpaired) electrons. The van der Waals surface area contributed by atoms with Crippen LogP contribution in [0, 0.1) is 5.92 Å². The van der Waals surface area contributed by atoms with Crippen molar-refractivity contribution in [3.8, 4) is 0 Å². The molecular weight excluding hydrogens is 252 g/mol. The van der Waals surface area contributed by atoms with E-state index in [2.05, 4.69) is 17.6 Å². The number of ether oxygens (including phenoxy) is 1. The summed E-state index contributed by atoms with van der Waals surface area (Å²) in [6, 6.07) is 8.00. The van der Waals surface area contributed by atoms with E-state index in [1.807, 2.05) is 24.3 Å². The highest BCUT2D eigenvalue weighted by Crippen LogP contribution is 2.15. The Kier molecular flexibility index (Phi) is 5.56. The molecule has 2 unspecified atom stereocenters. The summed E-state index contributed by atoms with van der Waals surface area (Å²) in [6.45, 7) is 4.27. The second kappa shape index (κ2) is 7.41. The molecule has 0 spiro atoms. The van der Waals surface area contributed by atoms with E-state index in [1.54, 1.807) is 7.11 Å². The lowest BCUT2D eigenvalue weighted by Gasteiger charge is -2.27. The van der Waals surface area contributed by atoms with E-state index < -0.39 is 0 Å². The average Bonchev–Trinajstić information content (AvgIpc) is 2.46. The average molecular weight is 276 g/mol. The molecule has 2 N–H and O–H groups in total. The third kappa shape index (κ3) is 4.05. The molecule has 1 aromatic rings. The van der Waals surface area contributed by atoms with Crippen molar-refractivity contribution in [1.29, 1.82) is 0 Å². The van der Waals surface area contributed by atoms with Gasteiger partial charge in [-0.15, -0.1) is 0 Å². The predicted octanol–water partition coefficient (Wildman–Crippen LogP) is 1.84. The summed E-state index contributed by atoms with van der Waals surface area (Å²) in [5, 5.41) is 6.32. The molecule has 4 heteroatoms. The molecule has 1 aliphatic heterocycles. The van der Waals surface area contributed by atoms with Crippen molar-refractivity contribution < 1.29 is 9.53 Å². The van der Waals surface area contributed by atoms with Crippen molar-refractivity contribution >= 4 is 5.91 Å². The smallest absolute Gasteiger partial charge is 0.237 e. The molecule has 0 aliphatic carbocycles. The van der Waals surface area contributed by atoms with Crippen LogP contribution >= 0.6 is 0 Å². The zero-order chi connectivity index (χ0) is 14.4. The van der Waals surface area contributed by atoms with E-state index in [-0.39, 0.29) is 11.9 Å². The third-order valence-electron chi connectivity index (χ3n) is 3.85. The minimum Gasteiger partial charge on any atom is -0.380 e. The molecule has 4 nitrogen and oxygen atoms in total. The molecular formula is C16H24N2O2. The molecule has 20 heavy (non-hydrogen) atoms. The topological polar surface area (TPSA) is 50.4 Å². The van der Waals surface area contributed by atoms with Crippen LogP contribution in [0.15, 0.2) is 24.3 Å². The van der Waals surface area contributed by atoms with Crippen LogP contribution < -0.4 is 10.6 Å². The summed E-state index contributed by atoms with van der Waals surface area (Å²) in [5.41, 5.74) is 2.24. The van der Waals surface area contributed by atoms with Gasteiger partial charge in [0.05, 0.1) is 12.6 Å². The normalized spacial score (nSPS) is 22.5. The summed E-state index contributed by atoms with van der Waals surface area (Å²) in [4.78, 5) is 12.2. The second-order valence-corrected chi connectivity index (χ2v) is 5.56. The van der Waals surface area contributed by atoms with Crippen molar-refractivity contribution in [2.75, 3.05) is 13.7 Å². The standard InChI is InChI=1S/C16H24N2O2/c1-12-7-8-17-15(9-12)16(19)18-10-13-5-3-4-6-14(13)11-20-2/h3-6,12,15,17H,7-11H2,1-2H3,(H,18,19). The van der Waals surface area contributed by atoms with Crippen LogP contribution in [-0.4, -0.2) is 25.6 Å². The van der Waals surface area contributed by atoms with Crippen LogP contribution in [0.4, 0.5) is 0 Å². The van der Waals surface area contributed by atoms with E-state index in [0.29, 0.717) is 19.1 Å². The quantitative estimate of drug-likeness (QED) is 0.863. The van der Waals surface area contributed by atoms with Gasteiger partial charge in [0.15, 0.2) is 0 Å². The molecule has 0 bridgehead atoms. The van der Waals surface area contributed by atoms with Crippen molar-refractivity contribution in [3.05, 3.63) is 35.4 Å². The van der Waals surface area contributed by atoms with Gasteiger partial charge in [0.1, 0.15) is 0 Å². The number of nitrogens with one attached hydrogen (secondary N) is 2. The van der Waals surface area contributed by atoms with Gasteiger partial charge >= 0.3 is 0 Å². The maximum absolute atomic E-state index is 12.2. The summed E-state index contributed by atoms with van der Waals surface area (Å²) in [6.07, 6.45) is 2.08. The lowest BCUT2D eigenvalue weighted by atomic mass is 9.94. The fraction of sp³-hybridized carbons (Fsp3) is 0.562. The Morgan fingerprint density at radius 2 is 2.15 bits per heavy atom. The van der Waals surface area contributed by atoms with E-state index in [4.69, 9.17) is 4.74 Å². The Labute approximate surface area is 120 Å². The lowest BCUT2D eigenvalue weighted by Crippen LogP contribution is -2.48. The summed E-state index contributed by atoms with van der Waals surface area (Å²) < 4.78 is 5.18. The highest BCUT2D eigenvalue weighted by Gasteiger charge is 2.24. The molecule has 1 amide bonds. The van der Waals surface area contributed by atoms with Crippen LogP contribution in [0.3, 0.4) is 0 Å². The Hall–Kier alpha value is -1.39. The van der Waals surface area contributed by atoms with Crippen LogP contribution in [0.25, 0.3) is 0 Å². The minimum atomic E-state index is -0.0478. The van der Waals surface area contributed by atoms with Gasteiger partial charge in [0.2, 0.25) is 5.91 Å². The summed E-state index contributed by atoms with van der Waals surface area (Å²) >= 11 is 0. The number of amides is 1. The first kappa shape index (κ1) is 15.0. The van der Waals surface area contributed by atoms with E-state index in [9.17, 15) is 4.79 Å². The fourth-order valence-corrected chi connectivity index (χ4v) is 2.64. The first-order chi connectivity index (χ1) is 9.70. The van der Waals surface area contributed by atoms with Crippen LogP contribution in [0.5, 0.6) is 0 Å². The van der Waals surface area contributed by atoms with Crippen molar-refractivity contribution in [3.63, 3.8) is 0 Å². The first-order valence-corrected chi connectivity index (χ1v) is 7.27. The maximum atomic E-state index is 12.2. The predicted molar refractivity (Wildman–Crippen MR) is 79.2 cm³/mol. The number of carbonyl (C=O) groups excluding carboxylic acids is 1.